The maximum absolute atomic E-state index is 12.5. The van der Waals surface area contributed by atoms with Gasteiger partial charge in [-0.3, -0.25) is 4.98 Å². The van der Waals surface area contributed by atoms with Crippen LogP contribution in [0, 0.1) is 11.3 Å². The smallest absolute Gasteiger partial charge is 0.208 e. The zero-order valence-electron chi connectivity index (χ0n) is 11.7. The summed E-state index contributed by atoms with van der Waals surface area (Å²) in [6, 6.07) is 12.0. The van der Waals surface area contributed by atoms with Crippen molar-refractivity contribution in [2.75, 3.05) is 0 Å². The minimum Gasteiger partial charge on any atom is -0.263 e. The van der Waals surface area contributed by atoms with Crippen LogP contribution >= 0.6 is 0 Å². The molecular weight excluding hydrogens is 284 g/mol. The van der Waals surface area contributed by atoms with E-state index in [1.807, 2.05) is 6.92 Å². The normalized spacial score (nSPS) is 12.6. The molecule has 0 aliphatic rings. The fraction of sp³-hybridized carbons (Fsp3) is 0.250. The van der Waals surface area contributed by atoms with Gasteiger partial charge in [0.15, 0.2) is 0 Å². The highest BCUT2D eigenvalue weighted by molar-refractivity contribution is 7.91. The van der Waals surface area contributed by atoms with E-state index < -0.39 is 9.84 Å². The molecule has 1 aromatic heterocycles. The van der Waals surface area contributed by atoms with Gasteiger partial charge in [0.05, 0.1) is 15.9 Å². The van der Waals surface area contributed by atoms with E-state index in [0.717, 1.165) is 12.0 Å². The second-order valence-electron chi connectivity index (χ2n) is 4.74. The van der Waals surface area contributed by atoms with Gasteiger partial charge in [-0.1, -0.05) is 25.1 Å². The molecular formula is C16H16N2O2S. The monoisotopic (exact) mass is 300 g/mol. The summed E-state index contributed by atoms with van der Waals surface area (Å²) < 4.78 is 25.1. The summed E-state index contributed by atoms with van der Waals surface area (Å²) in [7, 11) is -3.56. The lowest BCUT2D eigenvalue weighted by Crippen LogP contribution is -2.05. The van der Waals surface area contributed by atoms with Crippen molar-refractivity contribution in [3.8, 4) is 6.07 Å². The number of sulfone groups is 1. The Balaban J connectivity index is 2.45. The predicted octanol–water partition coefficient (Wildman–Crippen LogP) is 3.32. The van der Waals surface area contributed by atoms with Gasteiger partial charge in [-0.15, -0.1) is 0 Å². The van der Waals surface area contributed by atoms with E-state index in [1.54, 1.807) is 42.6 Å². The lowest BCUT2D eigenvalue weighted by atomic mass is 9.95. The van der Waals surface area contributed by atoms with Crippen LogP contribution in [0.5, 0.6) is 0 Å². The van der Waals surface area contributed by atoms with Crippen LogP contribution in [0.4, 0.5) is 0 Å². The number of nitrogens with zero attached hydrogens (tertiary/aromatic N) is 2. The van der Waals surface area contributed by atoms with E-state index in [0.29, 0.717) is 6.42 Å². The van der Waals surface area contributed by atoms with E-state index in [4.69, 9.17) is 5.26 Å². The van der Waals surface area contributed by atoms with Crippen LogP contribution in [0.2, 0.25) is 0 Å². The van der Waals surface area contributed by atoms with Crippen molar-refractivity contribution < 1.29 is 8.42 Å². The molecule has 0 bridgehead atoms. The molecule has 1 unspecified atom stereocenters. The first kappa shape index (κ1) is 15.2. The van der Waals surface area contributed by atoms with Crippen LogP contribution in [0.3, 0.4) is 0 Å². The number of hydrogen-bond donors (Lipinski definition) is 0. The third kappa shape index (κ3) is 3.29. The Kier molecular flexibility index (Phi) is 4.71. The van der Waals surface area contributed by atoms with Crippen molar-refractivity contribution in [1.82, 2.24) is 4.98 Å². The molecule has 1 atom stereocenters. The molecule has 2 aromatic rings. The Morgan fingerprint density at radius 1 is 1.19 bits per heavy atom. The first-order chi connectivity index (χ1) is 10.1. The fourth-order valence-electron chi connectivity index (χ4n) is 2.15. The summed E-state index contributed by atoms with van der Waals surface area (Å²) >= 11 is 0. The molecule has 0 spiro atoms. The molecule has 0 N–H and O–H groups in total. The van der Waals surface area contributed by atoms with Crippen LogP contribution in [-0.2, 0) is 9.84 Å². The maximum Gasteiger partial charge on any atom is 0.208 e. The molecule has 108 valence electrons. The first-order valence-corrected chi connectivity index (χ1v) is 8.20. The molecule has 0 aliphatic heterocycles. The molecule has 0 amide bonds. The number of hydrogen-bond acceptors (Lipinski definition) is 4. The quantitative estimate of drug-likeness (QED) is 0.849. The molecule has 2 rings (SSSR count). The van der Waals surface area contributed by atoms with Crippen LogP contribution < -0.4 is 0 Å². The molecule has 1 heterocycles. The van der Waals surface area contributed by atoms with E-state index in [2.05, 4.69) is 11.1 Å². The van der Waals surface area contributed by atoms with E-state index in [9.17, 15) is 8.42 Å². The summed E-state index contributed by atoms with van der Waals surface area (Å²) in [6.07, 6.45) is 4.11. The average molecular weight is 300 g/mol. The Hall–Kier alpha value is -2.19. The predicted molar refractivity (Wildman–Crippen MR) is 79.4 cm³/mol. The molecule has 0 aliphatic carbocycles. The van der Waals surface area contributed by atoms with Crippen molar-refractivity contribution in [2.45, 2.75) is 35.5 Å². The topological polar surface area (TPSA) is 70.8 Å². The highest BCUT2D eigenvalue weighted by Gasteiger charge is 2.19. The highest BCUT2D eigenvalue weighted by atomic mass is 32.2. The average Bonchev–Trinajstić information content (AvgIpc) is 2.53. The number of nitriles is 1. The van der Waals surface area contributed by atoms with Gasteiger partial charge in [-0.25, -0.2) is 8.42 Å². The van der Waals surface area contributed by atoms with Gasteiger partial charge in [0.25, 0.3) is 0 Å². The molecule has 0 saturated heterocycles. The summed E-state index contributed by atoms with van der Waals surface area (Å²) in [5, 5.41) is 8.85. The summed E-state index contributed by atoms with van der Waals surface area (Å²) in [5.74, 6) is 0.00780. The van der Waals surface area contributed by atoms with Crippen LogP contribution in [0.25, 0.3) is 0 Å². The van der Waals surface area contributed by atoms with Crippen LogP contribution in [-0.4, -0.2) is 13.4 Å². The van der Waals surface area contributed by atoms with Gasteiger partial charge in [0.2, 0.25) is 9.84 Å². The number of rotatable bonds is 5. The molecule has 21 heavy (non-hydrogen) atoms. The molecule has 0 radical (unpaired) electrons. The third-order valence-electron chi connectivity index (χ3n) is 3.40. The van der Waals surface area contributed by atoms with Crippen molar-refractivity contribution in [1.29, 1.82) is 5.26 Å². The van der Waals surface area contributed by atoms with Crippen molar-refractivity contribution >= 4 is 9.84 Å². The maximum atomic E-state index is 12.5. The summed E-state index contributed by atoms with van der Waals surface area (Å²) in [5.41, 5.74) is 0.788. The summed E-state index contributed by atoms with van der Waals surface area (Å²) in [6.45, 7) is 1.97. The van der Waals surface area contributed by atoms with Crippen LogP contribution in [0.1, 0.15) is 31.2 Å². The van der Waals surface area contributed by atoms with Crippen molar-refractivity contribution in [3.63, 3.8) is 0 Å². The molecule has 0 fully saturated rings. The minimum absolute atomic E-state index is 0.00780. The van der Waals surface area contributed by atoms with Gasteiger partial charge in [-0.05, 0) is 36.1 Å². The molecule has 1 aromatic carbocycles. The minimum atomic E-state index is -3.56. The summed E-state index contributed by atoms with van der Waals surface area (Å²) in [4.78, 5) is 4.46. The van der Waals surface area contributed by atoms with Gasteiger partial charge in [-0.2, -0.15) is 5.26 Å². The number of aromatic nitrogens is 1. The van der Waals surface area contributed by atoms with E-state index in [1.165, 1.54) is 6.20 Å². The fourth-order valence-corrected chi connectivity index (χ4v) is 3.43. The van der Waals surface area contributed by atoms with E-state index >= 15 is 0 Å². The molecule has 0 saturated carbocycles. The van der Waals surface area contributed by atoms with Gasteiger partial charge < -0.3 is 0 Å². The van der Waals surface area contributed by atoms with Crippen LogP contribution in [0.15, 0.2) is 58.6 Å². The van der Waals surface area contributed by atoms with Gasteiger partial charge in [0, 0.05) is 18.8 Å². The number of benzene rings is 1. The second kappa shape index (κ2) is 6.51. The molecule has 5 heteroatoms. The van der Waals surface area contributed by atoms with Crippen molar-refractivity contribution in [2.24, 2.45) is 0 Å². The Bertz CT molecular complexity index is 749. The molecule has 4 nitrogen and oxygen atoms in total. The van der Waals surface area contributed by atoms with Gasteiger partial charge >= 0.3 is 0 Å². The Morgan fingerprint density at radius 3 is 2.52 bits per heavy atom. The lowest BCUT2D eigenvalue weighted by Gasteiger charge is -2.12. The largest absolute Gasteiger partial charge is 0.263 e. The standard InChI is InChI=1S/C16H16N2O2S/c1-2-13(8-9-17)14-10-16(12-18-11-14)21(19,20)15-6-4-3-5-7-15/h3-7,10-13H,2,8H2,1H3. The van der Waals surface area contributed by atoms with E-state index in [-0.39, 0.29) is 15.7 Å². The zero-order valence-corrected chi connectivity index (χ0v) is 12.5. The zero-order chi connectivity index (χ0) is 15.3. The lowest BCUT2D eigenvalue weighted by molar-refractivity contribution is 0.594. The van der Waals surface area contributed by atoms with Crippen molar-refractivity contribution in [3.05, 3.63) is 54.4 Å². The SMILES string of the molecule is CCC(CC#N)c1cncc(S(=O)(=O)c2ccccc2)c1. The Morgan fingerprint density at radius 2 is 1.90 bits per heavy atom. The number of pyridine rings is 1. The first-order valence-electron chi connectivity index (χ1n) is 6.71. The van der Waals surface area contributed by atoms with Gasteiger partial charge in [0.1, 0.15) is 0 Å². The second-order valence-corrected chi connectivity index (χ2v) is 6.69. The highest BCUT2D eigenvalue weighted by Crippen LogP contribution is 2.26. The Labute approximate surface area is 125 Å². The third-order valence-corrected chi connectivity index (χ3v) is 5.14.